The third-order valence-electron chi connectivity index (χ3n) is 3.80. The van der Waals surface area contributed by atoms with Crippen LogP contribution < -0.4 is 10.6 Å². The van der Waals surface area contributed by atoms with Gasteiger partial charge in [0.15, 0.2) is 5.11 Å². The van der Waals surface area contributed by atoms with Crippen LogP contribution in [0.5, 0.6) is 0 Å². The number of benzene rings is 2. The summed E-state index contributed by atoms with van der Waals surface area (Å²) < 4.78 is 12.9. The molecule has 3 amide bonds. The lowest BCUT2D eigenvalue weighted by atomic mass is 10.1. The van der Waals surface area contributed by atoms with Crippen molar-refractivity contribution in [2.24, 2.45) is 0 Å². The zero-order chi connectivity index (χ0) is 18.7. The highest BCUT2D eigenvalue weighted by atomic mass is 32.1. The predicted molar refractivity (Wildman–Crippen MR) is 97.2 cm³/mol. The Balaban J connectivity index is 1.51. The molecule has 132 valence electrons. The summed E-state index contributed by atoms with van der Waals surface area (Å²) in [6, 6.07) is 12.0. The highest BCUT2D eigenvalue weighted by Gasteiger charge is 2.34. The summed E-state index contributed by atoms with van der Waals surface area (Å²) >= 11 is 5.01. The third-order valence-corrected chi connectivity index (χ3v) is 4.00. The molecule has 2 N–H and O–H groups in total. The number of thiocarbonyl (C=S) groups is 1. The van der Waals surface area contributed by atoms with Crippen molar-refractivity contribution in [3.63, 3.8) is 0 Å². The minimum Gasteiger partial charge on any atom is -0.332 e. The second-order valence-electron chi connectivity index (χ2n) is 5.57. The van der Waals surface area contributed by atoms with Crippen LogP contribution in [0.2, 0.25) is 0 Å². The maximum atomic E-state index is 12.9. The molecule has 2 aromatic rings. The number of carbonyl (C=O) groups is 3. The van der Waals surface area contributed by atoms with E-state index in [2.05, 4.69) is 10.6 Å². The van der Waals surface area contributed by atoms with Crippen LogP contribution >= 0.6 is 12.2 Å². The van der Waals surface area contributed by atoms with Gasteiger partial charge in [-0.1, -0.05) is 12.1 Å². The third kappa shape index (κ3) is 3.75. The van der Waals surface area contributed by atoms with Crippen LogP contribution in [-0.2, 0) is 4.79 Å². The minimum absolute atomic E-state index is 0.0443. The van der Waals surface area contributed by atoms with Crippen molar-refractivity contribution >= 4 is 40.7 Å². The first-order valence-corrected chi connectivity index (χ1v) is 8.18. The van der Waals surface area contributed by atoms with E-state index in [-0.39, 0.29) is 23.9 Å². The summed E-state index contributed by atoms with van der Waals surface area (Å²) in [5.74, 6) is -1.65. The van der Waals surface area contributed by atoms with Crippen molar-refractivity contribution in [2.75, 3.05) is 11.9 Å². The lowest BCUT2D eigenvalue weighted by Gasteiger charge is -2.14. The quantitative estimate of drug-likeness (QED) is 0.637. The molecule has 26 heavy (non-hydrogen) atoms. The maximum absolute atomic E-state index is 12.9. The second-order valence-corrected chi connectivity index (χ2v) is 5.97. The predicted octanol–water partition coefficient (Wildman–Crippen LogP) is 2.33. The van der Waals surface area contributed by atoms with Gasteiger partial charge < -0.3 is 10.6 Å². The Hall–Kier alpha value is -3.13. The Bertz CT molecular complexity index is 864. The van der Waals surface area contributed by atoms with Gasteiger partial charge in [-0.05, 0) is 48.6 Å². The van der Waals surface area contributed by atoms with Gasteiger partial charge >= 0.3 is 0 Å². The van der Waals surface area contributed by atoms with Crippen molar-refractivity contribution in [1.82, 2.24) is 10.2 Å². The lowest BCUT2D eigenvalue weighted by Crippen LogP contribution is -2.38. The minimum atomic E-state index is -0.443. The van der Waals surface area contributed by atoms with E-state index in [1.807, 2.05) is 0 Å². The van der Waals surface area contributed by atoms with Gasteiger partial charge in [-0.2, -0.15) is 0 Å². The normalized spacial score (nSPS) is 12.7. The molecule has 0 radical (unpaired) electrons. The van der Waals surface area contributed by atoms with Gasteiger partial charge in [0.05, 0.1) is 11.1 Å². The van der Waals surface area contributed by atoms with Crippen molar-refractivity contribution in [3.8, 4) is 0 Å². The fraction of sp³-hybridized carbons (Fsp3) is 0.111. The standard InChI is InChI=1S/C18H14FN3O3S/c19-11-5-7-12(8-6-11)20-18(26)21-15(23)9-10-22-16(24)13-3-1-2-4-14(13)17(22)25/h1-8H,9-10H2,(H2,20,21,23,26). The van der Waals surface area contributed by atoms with Crippen molar-refractivity contribution in [2.45, 2.75) is 6.42 Å². The number of nitrogens with one attached hydrogen (secondary N) is 2. The number of amides is 3. The number of hydrogen-bond donors (Lipinski definition) is 2. The van der Waals surface area contributed by atoms with Crippen molar-refractivity contribution < 1.29 is 18.8 Å². The molecule has 0 bridgehead atoms. The molecular formula is C18H14FN3O3S. The molecule has 0 aromatic heterocycles. The number of anilines is 1. The largest absolute Gasteiger partial charge is 0.332 e. The fourth-order valence-corrected chi connectivity index (χ4v) is 2.77. The molecule has 3 rings (SSSR count). The molecule has 0 atom stereocenters. The fourth-order valence-electron chi connectivity index (χ4n) is 2.54. The highest BCUT2D eigenvalue weighted by Crippen LogP contribution is 2.22. The number of hydrogen-bond acceptors (Lipinski definition) is 4. The molecule has 0 saturated heterocycles. The Morgan fingerprint density at radius 2 is 1.58 bits per heavy atom. The molecule has 8 heteroatoms. The van der Waals surface area contributed by atoms with E-state index < -0.39 is 17.7 Å². The molecule has 1 aliphatic rings. The molecule has 0 fully saturated rings. The molecule has 0 aliphatic carbocycles. The van der Waals surface area contributed by atoms with Crippen LogP contribution in [0, 0.1) is 5.82 Å². The number of carbonyl (C=O) groups excluding carboxylic acids is 3. The van der Waals surface area contributed by atoms with E-state index in [9.17, 15) is 18.8 Å². The second kappa shape index (κ2) is 7.40. The van der Waals surface area contributed by atoms with Gasteiger partial charge in [0.25, 0.3) is 11.8 Å². The molecule has 0 spiro atoms. The number of fused-ring (bicyclic) bond motifs is 1. The first kappa shape index (κ1) is 17.7. The number of rotatable bonds is 4. The van der Waals surface area contributed by atoms with Crippen LogP contribution in [0.4, 0.5) is 10.1 Å². The smallest absolute Gasteiger partial charge is 0.261 e. The van der Waals surface area contributed by atoms with Gasteiger partial charge in [0.2, 0.25) is 5.91 Å². The van der Waals surface area contributed by atoms with E-state index in [0.717, 1.165) is 4.90 Å². The molecular weight excluding hydrogens is 357 g/mol. The Morgan fingerprint density at radius 1 is 1.00 bits per heavy atom. The zero-order valence-electron chi connectivity index (χ0n) is 13.5. The number of nitrogens with zero attached hydrogens (tertiary/aromatic N) is 1. The lowest BCUT2D eigenvalue weighted by molar-refractivity contribution is -0.119. The molecule has 6 nitrogen and oxygen atoms in total. The average Bonchev–Trinajstić information content (AvgIpc) is 2.86. The Labute approximate surface area is 154 Å². The Kier molecular flexibility index (Phi) is 5.04. The first-order chi connectivity index (χ1) is 12.5. The molecule has 2 aromatic carbocycles. The SMILES string of the molecule is O=C(CCN1C(=O)c2ccccc2C1=O)NC(=S)Nc1ccc(F)cc1. The van der Waals surface area contributed by atoms with Crippen LogP contribution in [-0.4, -0.2) is 34.3 Å². The van der Waals surface area contributed by atoms with Gasteiger partial charge in [-0.25, -0.2) is 4.39 Å². The first-order valence-electron chi connectivity index (χ1n) is 7.77. The van der Waals surface area contributed by atoms with Crippen LogP contribution in [0.15, 0.2) is 48.5 Å². The molecule has 0 saturated carbocycles. The maximum Gasteiger partial charge on any atom is 0.261 e. The van der Waals surface area contributed by atoms with Crippen molar-refractivity contribution in [1.29, 1.82) is 0 Å². The summed E-state index contributed by atoms with van der Waals surface area (Å²) in [4.78, 5) is 37.5. The van der Waals surface area contributed by atoms with Gasteiger partial charge in [-0.15, -0.1) is 0 Å². The van der Waals surface area contributed by atoms with Crippen LogP contribution in [0.3, 0.4) is 0 Å². The van der Waals surface area contributed by atoms with Crippen LogP contribution in [0.25, 0.3) is 0 Å². The molecule has 1 heterocycles. The van der Waals surface area contributed by atoms with Crippen LogP contribution in [0.1, 0.15) is 27.1 Å². The summed E-state index contributed by atoms with van der Waals surface area (Å²) in [5, 5.41) is 5.25. The van der Waals surface area contributed by atoms with Gasteiger partial charge in [0.1, 0.15) is 5.82 Å². The summed E-state index contributed by atoms with van der Waals surface area (Å²) in [6.45, 7) is -0.0443. The Morgan fingerprint density at radius 3 is 2.15 bits per heavy atom. The van der Waals surface area contributed by atoms with Gasteiger partial charge in [0, 0.05) is 18.7 Å². The number of imide groups is 1. The molecule has 1 aliphatic heterocycles. The van der Waals surface area contributed by atoms with E-state index in [4.69, 9.17) is 12.2 Å². The van der Waals surface area contributed by atoms with E-state index in [0.29, 0.717) is 16.8 Å². The van der Waals surface area contributed by atoms with E-state index in [1.165, 1.54) is 24.3 Å². The topological polar surface area (TPSA) is 78.5 Å². The average molecular weight is 371 g/mol. The van der Waals surface area contributed by atoms with E-state index in [1.54, 1.807) is 24.3 Å². The monoisotopic (exact) mass is 371 g/mol. The molecule has 0 unspecified atom stereocenters. The summed E-state index contributed by atoms with van der Waals surface area (Å²) in [7, 11) is 0. The summed E-state index contributed by atoms with van der Waals surface area (Å²) in [6.07, 6.45) is -0.0866. The number of halogens is 1. The van der Waals surface area contributed by atoms with Gasteiger partial charge in [-0.3, -0.25) is 19.3 Å². The van der Waals surface area contributed by atoms with E-state index >= 15 is 0 Å². The van der Waals surface area contributed by atoms with Crippen molar-refractivity contribution in [3.05, 3.63) is 65.5 Å². The highest BCUT2D eigenvalue weighted by molar-refractivity contribution is 7.80. The summed E-state index contributed by atoms with van der Waals surface area (Å²) in [5.41, 5.74) is 1.20. The zero-order valence-corrected chi connectivity index (χ0v) is 14.3.